The summed E-state index contributed by atoms with van der Waals surface area (Å²) in [5.41, 5.74) is 1.16. The van der Waals surface area contributed by atoms with E-state index < -0.39 is 10.0 Å². The molecule has 3 rings (SSSR count). The van der Waals surface area contributed by atoms with Crippen molar-refractivity contribution in [2.24, 2.45) is 0 Å². The van der Waals surface area contributed by atoms with Crippen LogP contribution >= 0.6 is 22.9 Å². The smallest absolute Gasteiger partial charge is 0.216 e. The summed E-state index contributed by atoms with van der Waals surface area (Å²) in [5.74, 6) is -0.255. The molecule has 0 atom stereocenters. The van der Waals surface area contributed by atoms with Crippen molar-refractivity contribution in [1.29, 1.82) is 0 Å². The zero-order valence-electron chi connectivity index (χ0n) is 13.7. The van der Waals surface area contributed by atoms with Gasteiger partial charge in [0.15, 0.2) is 0 Å². The molecule has 0 spiro atoms. The molecule has 0 aliphatic carbocycles. The number of halogens is 1. The monoisotopic (exact) mass is 405 g/mol. The van der Waals surface area contributed by atoms with Crippen LogP contribution in [0.4, 0.5) is 0 Å². The largest absolute Gasteiger partial charge is 0.288 e. The van der Waals surface area contributed by atoms with E-state index in [1.807, 2.05) is 18.2 Å². The molecular weight excluding hydrogens is 390 g/mol. The first-order chi connectivity index (χ1) is 12.4. The van der Waals surface area contributed by atoms with Gasteiger partial charge in [-0.25, -0.2) is 13.1 Å². The molecule has 4 nitrogen and oxygen atoms in total. The molecule has 0 aliphatic rings. The molecule has 7 heteroatoms. The van der Waals surface area contributed by atoms with Crippen molar-refractivity contribution in [1.82, 2.24) is 4.72 Å². The van der Waals surface area contributed by atoms with Crippen LogP contribution in [0, 0.1) is 0 Å². The number of carbonyl (C=O) groups is 1. The van der Waals surface area contributed by atoms with Gasteiger partial charge in [0.2, 0.25) is 15.8 Å². The third kappa shape index (κ3) is 4.80. The van der Waals surface area contributed by atoms with Crippen molar-refractivity contribution in [3.05, 3.63) is 92.6 Å². The molecule has 0 saturated carbocycles. The molecule has 2 aromatic carbocycles. The van der Waals surface area contributed by atoms with E-state index in [0.717, 1.165) is 4.88 Å². The van der Waals surface area contributed by atoms with Gasteiger partial charge < -0.3 is 0 Å². The number of carbonyl (C=O) groups excluding carboxylic acids is 1. The number of benzene rings is 2. The number of hydrogen-bond donors (Lipinski definition) is 1. The molecular formula is C19H16ClNO3S2. The molecule has 0 saturated heterocycles. The third-order valence-corrected chi connectivity index (χ3v) is 6.42. The molecule has 0 unspecified atom stereocenters. The lowest BCUT2D eigenvalue weighted by molar-refractivity contribution is 0.104. The Balaban J connectivity index is 1.64. The molecule has 134 valence electrons. The van der Waals surface area contributed by atoms with Crippen LogP contribution in [0.3, 0.4) is 0 Å². The fourth-order valence-corrected chi connectivity index (χ4v) is 4.80. The molecule has 1 aromatic heterocycles. The summed E-state index contributed by atoms with van der Waals surface area (Å²) in [6, 6.07) is 19.3. The third-order valence-electron chi connectivity index (χ3n) is 3.69. The highest BCUT2D eigenvalue weighted by molar-refractivity contribution is 7.88. The average Bonchev–Trinajstić information content (AvgIpc) is 3.11. The average molecular weight is 406 g/mol. The van der Waals surface area contributed by atoms with Crippen molar-refractivity contribution >= 4 is 38.7 Å². The van der Waals surface area contributed by atoms with E-state index in [1.165, 1.54) is 11.3 Å². The maximum Gasteiger partial charge on any atom is 0.216 e. The van der Waals surface area contributed by atoms with E-state index in [-0.39, 0.29) is 18.1 Å². The first-order valence-corrected chi connectivity index (χ1v) is 10.7. The summed E-state index contributed by atoms with van der Waals surface area (Å²) in [7, 11) is -3.53. The first-order valence-electron chi connectivity index (χ1n) is 7.84. The summed E-state index contributed by atoms with van der Waals surface area (Å²) in [5, 5.41) is 0.421. The molecule has 0 amide bonds. The molecule has 0 aliphatic heterocycles. The lowest BCUT2D eigenvalue weighted by Gasteiger charge is -2.07. The maximum atomic E-state index is 12.4. The van der Waals surface area contributed by atoms with Crippen molar-refractivity contribution in [2.45, 2.75) is 12.3 Å². The number of rotatable bonds is 7. The van der Waals surface area contributed by atoms with Gasteiger partial charge in [0.25, 0.3) is 0 Å². The number of hydrogen-bond acceptors (Lipinski definition) is 4. The van der Waals surface area contributed by atoms with Crippen molar-refractivity contribution in [2.75, 3.05) is 0 Å². The number of ketones is 1. The van der Waals surface area contributed by atoms with Crippen LogP contribution in [0.2, 0.25) is 5.02 Å². The van der Waals surface area contributed by atoms with Crippen LogP contribution in [-0.4, -0.2) is 14.2 Å². The SMILES string of the molecule is O=C(c1ccccc1)c1ccc(CNS(=O)(=O)Cc2ccccc2Cl)s1. The summed E-state index contributed by atoms with van der Waals surface area (Å²) < 4.78 is 27.1. The summed E-state index contributed by atoms with van der Waals surface area (Å²) >= 11 is 7.30. The van der Waals surface area contributed by atoms with E-state index >= 15 is 0 Å². The Morgan fingerprint density at radius 2 is 1.65 bits per heavy atom. The van der Waals surface area contributed by atoms with Gasteiger partial charge in [-0.05, 0) is 23.8 Å². The second kappa shape index (κ2) is 8.14. The van der Waals surface area contributed by atoms with Gasteiger partial charge >= 0.3 is 0 Å². The Bertz CT molecular complexity index is 1010. The number of nitrogens with one attached hydrogen (secondary N) is 1. The highest BCUT2D eigenvalue weighted by Gasteiger charge is 2.15. The van der Waals surface area contributed by atoms with Gasteiger partial charge in [0.1, 0.15) is 0 Å². The lowest BCUT2D eigenvalue weighted by atomic mass is 10.1. The van der Waals surface area contributed by atoms with Gasteiger partial charge in [-0.15, -0.1) is 11.3 Å². The highest BCUT2D eigenvalue weighted by atomic mass is 35.5. The van der Waals surface area contributed by atoms with Gasteiger partial charge in [-0.3, -0.25) is 4.79 Å². The summed E-state index contributed by atoms with van der Waals surface area (Å²) in [6.07, 6.45) is 0. The van der Waals surface area contributed by atoms with Crippen LogP contribution in [0.1, 0.15) is 25.7 Å². The zero-order chi connectivity index (χ0) is 18.6. The van der Waals surface area contributed by atoms with E-state index in [9.17, 15) is 13.2 Å². The van der Waals surface area contributed by atoms with Crippen LogP contribution in [0.25, 0.3) is 0 Å². The van der Waals surface area contributed by atoms with E-state index in [0.29, 0.717) is 21.0 Å². The minimum absolute atomic E-state index is 0.0687. The zero-order valence-corrected chi connectivity index (χ0v) is 16.1. The predicted octanol–water partition coefficient (Wildman–Crippen LogP) is 4.25. The fourth-order valence-electron chi connectivity index (χ4n) is 2.38. The highest BCUT2D eigenvalue weighted by Crippen LogP contribution is 2.21. The Labute approximate surface area is 161 Å². The lowest BCUT2D eigenvalue weighted by Crippen LogP contribution is -2.24. The second-order valence-corrected chi connectivity index (χ2v) is 9.02. The molecule has 0 fully saturated rings. The molecule has 1 heterocycles. The van der Waals surface area contributed by atoms with Gasteiger partial charge in [0, 0.05) is 22.0 Å². The Morgan fingerprint density at radius 1 is 0.962 bits per heavy atom. The Morgan fingerprint density at radius 3 is 2.38 bits per heavy atom. The topological polar surface area (TPSA) is 63.2 Å². The normalized spacial score (nSPS) is 11.4. The van der Waals surface area contributed by atoms with E-state index in [4.69, 9.17) is 11.6 Å². The molecule has 1 N–H and O–H groups in total. The van der Waals surface area contributed by atoms with Crippen LogP contribution in [0.5, 0.6) is 0 Å². The van der Waals surface area contributed by atoms with E-state index in [1.54, 1.807) is 48.5 Å². The van der Waals surface area contributed by atoms with Crippen LogP contribution in [-0.2, 0) is 22.3 Å². The summed E-state index contributed by atoms with van der Waals surface area (Å²) in [6.45, 7) is 0.138. The van der Waals surface area contributed by atoms with Crippen LogP contribution < -0.4 is 4.72 Å². The van der Waals surface area contributed by atoms with Gasteiger partial charge in [-0.2, -0.15) is 0 Å². The Hall–Kier alpha value is -1.99. The van der Waals surface area contributed by atoms with Crippen molar-refractivity contribution < 1.29 is 13.2 Å². The predicted molar refractivity (Wildman–Crippen MR) is 105 cm³/mol. The molecule has 0 bridgehead atoms. The second-order valence-electron chi connectivity index (χ2n) is 5.63. The van der Waals surface area contributed by atoms with E-state index in [2.05, 4.69) is 4.72 Å². The number of sulfonamides is 1. The minimum atomic E-state index is -3.53. The number of thiophene rings is 1. The van der Waals surface area contributed by atoms with Crippen molar-refractivity contribution in [3.63, 3.8) is 0 Å². The standard InChI is InChI=1S/C19H16ClNO3S2/c20-17-9-5-4-8-15(17)13-26(23,24)21-12-16-10-11-18(25-16)19(22)14-6-2-1-3-7-14/h1-11,21H,12-13H2. The maximum absolute atomic E-state index is 12.4. The van der Waals surface area contributed by atoms with Crippen molar-refractivity contribution in [3.8, 4) is 0 Å². The molecule has 26 heavy (non-hydrogen) atoms. The first kappa shape index (κ1) is 18.8. The Kier molecular flexibility index (Phi) is 5.88. The van der Waals surface area contributed by atoms with Gasteiger partial charge in [0.05, 0.1) is 10.6 Å². The van der Waals surface area contributed by atoms with Crippen LogP contribution in [0.15, 0.2) is 66.7 Å². The van der Waals surface area contributed by atoms with Gasteiger partial charge in [-0.1, -0.05) is 60.1 Å². The molecule has 0 radical (unpaired) electrons. The molecule has 3 aromatic rings. The minimum Gasteiger partial charge on any atom is -0.288 e. The fraction of sp³-hybridized carbons (Fsp3) is 0.105. The summed E-state index contributed by atoms with van der Waals surface area (Å²) in [4.78, 5) is 13.7. The quantitative estimate of drug-likeness (QED) is 0.597.